The first-order valence-corrected chi connectivity index (χ1v) is 10.2. The zero-order chi connectivity index (χ0) is 20.6. The summed E-state index contributed by atoms with van der Waals surface area (Å²) in [4.78, 5) is 31.2. The first kappa shape index (κ1) is 20.8. The molecule has 0 spiro atoms. The van der Waals surface area contributed by atoms with Crippen LogP contribution in [0.1, 0.15) is 31.2 Å². The van der Waals surface area contributed by atoms with E-state index in [9.17, 15) is 9.59 Å². The Labute approximate surface area is 172 Å². The molecular formula is C23H29N3O3. The quantitative estimate of drug-likeness (QED) is 0.778. The summed E-state index contributed by atoms with van der Waals surface area (Å²) in [6, 6.07) is 11.4. The third-order valence-electron chi connectivity index (χ3n) is 5.67. The highest BCUT2D eigenvalue weighted by atomic mass is 16.5. The maximum Gasteiger partial charge on any atom is 0.227 e. The highest BCUT2D eigenvalue weighted by Gasteiger charge is 2.31. The average Bonchev–Trinajstić information content (AvgIpc) is 2.78. The predicted octanol–water partition coefficient (Wildman–Crippen LogP) is 3.54. The van der Waals surface area contributed by atoms with Crippen LogP contribution in [0.3, 0.4) is 0 Å². The lowest BCUT2D eigenvalue weighted by Crippen LogP contribution is -2.37. The molecule has 0 bridgehead atoms. The summed E-state index contributed by atoms with van der Waals surface area (Å²) in [5.41, 5.74) is 1.87. The van der Waals surface area contributed by atoms with Gasteiger partial charge in [0.1, 0.15) is 5.75 Å². The van der Waals surface area contributed by atoms with Gasteiger partial charge in [-0.3, -0.25) is 14.6 Å². The number of pyridine rings is 1. The van der Waals surface area contributed by atoms with Gasteiger partial charge in [0.15, 0.2) is 0 Å². The van der Waals surface area contributed by atoms with Gasteiger partial charge in [0.2, 0.25) is 11.8 Å². The SMILES string of the molecule is COc1ccccc1NC(=O)C1CCC(C(=O)N(C)CCc2ccncc2)CC1. The number of nitrogens with zero attached hydrogens (tertiary/aromatic N) is 2. The highest BCUT2D eigenvalue weighted by Crippen LogP contribution is 2.32. The van der Waals surface area contributed by atoms with Gasteiger partial charge >= 0.3 is 0 Å². The van der Waals surface area contributed by atoms with Crippen molar-refractivity contribution in [2.45, 2.75) is 32.1 Å². The Kier molecular flexibility index (Phi) is 7.22. The van der Waals surface area contributed by atoms with E-state index in [4.69, 9.17) is 4.74 Å². The Morgan fingerprint density at radius 3 is 2.41 bits per heavy atom. The standard InChI is InChI=1S/C23H29N3O3/c1-26(16-13-17-11-14-24-15-12-17)23(28)19-9-7-18(8-10-19)22(27)25-20-5-3-4-6-21(20)29-2/h3-6,11-12,14-15,18-19H,7-10,13,16H2,1-2H3,(H,25,27). The molecule has 2 amide bonds. The van der Waals surface area contributed by atoms with Crippen molar-refractivity contribution >= 4 is 17.5 Å². The van der Waals surface area contributed by atoms with E-state index in [-0.39, 0.29) is 23.7 Å². The second-order valence-electron chi connectivity index (χ2n) is 7.60. The Morgan fingerprint density at radius 1 is 1.07 bits per heavy atom. The molecular weight excluding hydrogens is 366 g/mol. The maximum atomic E-state index is 12.8. The minimum Gasteiger partial charge on any atom is -0.495 e. The van der Waals surface area contributed by atoms with E-state index in [1.165, 1.54) is 5.56 Å². The van der Waals surface area contributed by atoms with Crippen LogP contribution in [0.25, 0.3) is 0 Å². The molecule has 1 aliphatic carbocycles. The molecule has 0 unspecified atom stereocenters. The molecule has 1 fully saturated rings. The van der Waals surface area contributed by atoms with E-state index >= 15 is 0 Å². The largest absolute Gasteiger partial charge is 0.495 e. The van der Waals surface area contributed by atoms with Crippen molar-refractivity contribution in [3.8, 4) is 5.75 Å². The van der Waals surface area contributed by atoms with Crippen LogP contribution in [0, 0.1) is 11.8 Å². The highest BCUT2D eigenvalue weighted by molar-refractivity contribution is 5.94. The summed E-state index contributed by atoms with van der Waals surface area (Å²) in [5.74, 6) is 0.786. The van der Waals surface area contributed by atoms with Gasteiger partial charge < -0.3 is 15.0 Å². The van der Waals surface area contributed by atoms with Gasteiger partial charge in [0, 0.05) is 37.8 Å². The number of aromatic nitrogens is 1. The van der Waals surface area contributed by atoms with Crippen molar-refractivity contribution in [2.24, 2.45) is 11.8 Å². The second kappa shape index (κ2) is 10.0. The van der Waals surface area contributed by atoms with Gasteiger partial charge in [-0.1, -0.05) is 12.1 Å². The molecule has 3 rings (SSSR count). The normalized spacial score (nSPS) is 18.7. The number of amides is 2. The van der Waals surface area contributed by atoms with Crippen LogP contribution in [0.2, 0.25) is 0 Å². The van der Waals surface area contributed by atoms with Crippen LogP contribution in [-0.2, 0) is 16.0 Å². The van der Waals surface area contributed by atoms with E-state index in [0.29, 0.717) is 18.0 Å². The summed E-state index contributed by atoms with van der Waals surface area (Å²) in [6.07, 6.45) is 7.33. The number of benzene rings is 1. The van der Waals surface area contributed by atoms with Crippen molar-refractivity contribution in [3.63, 3.8) is 0 Å². The van der Waals surface area contributed by atoms with E-state index in [2.05, 4.69) is 10.3 Å². The number of carbonyl (C=O) groups excluding carboxylic acids is 2. The first-order chi connectivity index (χ1) is 14.1. The van der Waals surface area contributed by atoms with Crippen molar-refractivity contribution in [3.05, 3.63) is 54.4 Å². The minimum atomic E-state index is -0.0638. The van der Waals surface area contributed by atoms with Crippen molar-refractivity contribution < 1.29 is 14.3 Å². The summed E-state index contributed by atoms with van der Waals surface area (Å²) < 4.78 is 5.29. The average molecular weight is 396 g/mol. The molecule has 6 heteroatoms. The fraction of sp³-hybridized carbons (Fsp3) is 0.435. The van der Waals surface area contributed by atoms with Gasteiger partial charge in [0.25, 0.3) is 0 Å². The summed E-state index contributed by atoms with van der Waals surface area (Å²) in [5, 5.41) is 2.97. The second-order valence-corrected chi connectivity index (χ2v) is 7.60. The van der Waals surface area contributed by atoms with Gasteiger partial charge in [-0.2, -0.15) is 0 Å². The number of carbonyl (C=O) groups is 2. The molecule has 1 aromatic heterocycles. The van der Waals surface area contributed by atoms with E-state index in [1.54, 1.807) is 19.5 Å². The van der Waals surface area contributed by atoms with Crippen molar-refractivity contribution in [1.29, 1.82) is 0 Å². The minimum absolute atomic E-state index is 0.00596. The summed E-state index contributed by atoms with van der Waals surface area (Å²) in [6.45, 7) is 0.692. The summed E-state index contributed by atoms with van der Waals surface area (Å²) in [7, 11) is 3.46. The van der Waals surface area contributed by atoms with Crippen molar-refractivity contribution in [1.82, 2.24) is 9.88 Å². The topological polar surface area (TPSA) is 71.5 Å². The molecule has 0 saturated heterocycles. The van der Waals surface area contributed by atoms with Gasteiger partial charge in [0.05, 0.1) is 12.8 Å². The zero-order valence-corrected chi connectivity index (χ0v) is 17.1. The number of hydrogen-bond acceptors (Lipinski definition) is 4. The van der Waals surface area contributed by atoms with Gasteiger partial charge in [-0.15, -0.1) is 0 Å². The first-order valence-electron chi connectivity index (χ1n) is 10.2. The van der Waals surface area contributed by atoms with Crippen LogP contribution >= 0.6 is 0 Å². The number of ether oxygens (including phenoxy) is 1. The maximum absolute atomic E-state index is 12.8. The van der Waals surface area contributed by atoms with Crippen molar-refractivity contribution in [2.75, 3.05) is 26.0 Å². The number of anilines is 1. The van der Waals surface area contributed by atoms with Crippen LogP contribution < -0.4 is 10.1 Å². The smallest absolute Gasteiger partial charge is 0.227 e. The fourth-order valence-corrected chi connectivity index (χ4v) is 3.85. The van der Waals surface area contributed by atoms with Gasteiger partial charge in [-0.25, -0.2) is 0 Å². The zero-order valence-electron chi connectivity index (χ0n) is 17.1. The monoisotopic (exact) mass is 395 g/mol. The molecule has 0 radical (unpaired) electrons. The molecule has 1 aromatic carbocycles. The molecule has 0 atom stereocenters. The lowest BCUT2D eigenvalue weighted by atomic mass is 9.81. The molecule has 2 aromatic rings. The number of rotatable bonds is 7. The number of methoxy groups -OCH3 is 1. The fourth-order valence-electron chi connectivity index (χ4n) is 3.85. The van der Waals surface area contributed by atoms with Crippen LogP contribution in [-0.4, -0.2) is 42.4 Å². The molecule has 1 N–H and O–H groups in total. The van der Waals surface area contributed by atoms with E-state index < -0.39 is 0 Å². The molecule has 29 heavy (non-hydrogen) atoms. The Bertz CT molecular complexity index is 817. The molecule has 154 valence electrons. The van der Waals surface area contributed by atoms with Crippen LogP contribution in [0.5, 0.6) is 5.75 Å². The lowest BCUT2D eigenvalue weighted by molar-refractivity contribution is -0.136. The number of nitrogens with one attached hydrogen (secondary N) is 1. The Balaban J connectivity index is 1.46. The van der Waals surface area contributed by atoms with Crippen LogP contribution in [0.4, 0.5) is 5.69 Å². The Hall–Kier alpha value is -2.89. The van der Waals surface area contributed by atoms with E-state index in [1.807, 2.05) is 48.3 Å². The molecule has 1 heterocycles. The molecule has 1 aliphatic rings. The molecule has 0 aliphatic heterocycles. The lowest BCUT2D eigenvalue weighted by Gasteiger charge is -2.30. The predicted molar refractivity (Wildman–Crippen MR) is 113 cm³/mol. The Morgan fingerprint density at radius 2 is 1.72 bits per heavy atom. The third kappa shape index (κ3) is 5.56. The van der Waals surface area contributed by atoms with E-state index in [0.717, 1.165) is 32.1 Å². The molecule has 1 saturated carbocycles. The number of hydrogen-bond donors (Lipinski definition) is 1. The number of para-hydroxylation sites is 2. The number of likely N-dealkylation sites (N-methyl/N-ethyl adjacent to an activating group) is 1. The van der Waals surface area contributed by atoms with Crippen LogP contribution in [0.15, 0.2) is 48.8 Å². The summed E-state index contributed by atoms with van der Waals surface area (Å²) >= 11 is 0. The van der Waals surface area contributed by atoms with Gasteiger partial charge in [-0.05, 0) is 61.9 Å². The third-order valence-corrected chi connectivity index (χ3v) is 5.67. The molecule has 6 nitrogen and oxygen atoms in total.